The number of carbonyl (C=O) groups is 3. The van der Waals surface area contributed by atoms with Crippen molar-refractivity contribution in [3.63, 3.8) is 0 Å². The molecule has 0 bridgehead atoms. The first-order chi connectivity index (χ1) is 17.4. The maximum Gasteiger partial charge on any atom is 0.336 e. The van der Waals surface area contributed by atoms with Crippen LogP contribution >= 0.6 is 0 Å². The SMILES string of the molecule is N=c1ccc2c(-c3ccccc3C(=O)O)c3ccc(N)c(S(=O)(=O)N(CC(=O)O)CC(=O)O)c3oc-2c1. The molecule has 190 valence electrons. The number of sulfonamides is 1. The van der Waals surface area contributed by atoms with E-state index in [4.69, 9.17) is 15.6 Å². The summed E-state index contributed by atoms with van der Waals surface area (Å²) in [6, 6.07) is 12.9. The molecule has 0 unspecified atom stereocenters. The number of carboxylic acid groups (broad SMARTS) is 3. The molecule has 0 amide bonds. The number of nitrogens with zero attached hydrogens (tertiary/aromatic N) is 1. The fourth-order valence-electron chi connectivity index (χ4n) is 4.04. The highest BCUT2D eigenvalue weighted by Crippen LogP contribution is 2.44. The van der Waals surface area contributed by atoms with Crippen LogP contribution in [0, 0.1) is 5.41 Å². The maximum atomic E-state index is 13.6. The van der Waals surface area contributed by atoms with Crippen LogP contribution in [-0.2, 0) is 19.6 Å². The number of anilines is 1. The van der Waals surface area contributed by atoms with Crippen LogP contribution < -0.4 is 11.1 Å². The predicted octanol–water partition coefficient (Wildman–Crippen LogP) is 2.12. The van der Waals surface area contributed by atoms with Crippen LogP contribution in [0.4, 0.5) is 5.69 Å². The molecule has 1 aliphatic heterocycles. The Morgan fingerprint density at radius 1 is 0.919 bits per heavy atom. The maximum absolute atomic E-state index is 13.6. The number of aromatic carboxylic acids is 1. The van der Waals surface area contributed by atoms with Crippen molar-refractivity contribution in [3.05, 3.63) is 65.5 Å². The molecule has 1 aliphatic carbocycles. The summed E-state index contributed by atoms with van der Waals surface area (Å²) in [6.07, 6.45) is 0. The molecule has 0 saturated heterocycles. The quantitative estimate of drug-likeness (QED) is 0.167. The highest BCUT2D eigenvalue weighted by Gasteiger charge is 2.34. The number of hydrogen-bond donors (Lipinski definition) is 5. The van der Waals surface area contributed by atoms with Gasteiger partial charge in [0.2, 0.25) is 10.0 Å². The monoisotopic (exact) mass is 525 g/mol. The molecular formula is C24H19N3O9S. The van der Waals surface area contributed by atoms with Gasteiger partial charge in [-0.3, -0.25) is 9.59 Å². The van der Waals surface area contributed by atoms with Gasteiger partial charge in [0.05, 0.1) is 16.6 Å². The fraction of sp³-hybridized carbons (Fsp3) is 0.0833. The molecule has 4 rings (SSSR count). The number of benzene rings is 3. The molecule has 12 nitrogen and oxygen atoms in total. The average molecular weight is 525 g/mol. The fourth-order valence-corrected chi connectivity index (χ4v) is 5.62. The predicted molar refractivity (Wildman–Crippen MR) is 130 cm³/mol. The van der Waals surface area contributed by atoms with Crippen molar-refractivity contribution < 1.29 is 42.5 Å². The molecule has 0 radical (unpaired) electrons. The molecule has 2 aromatic rings. The normalized spacial score (nSPS) is 11.7. The second-order valence-electron chi connectivity index (χ2n) is 7.96. The summed E-state index contributed by atoms with van der Waals surface area (Å²) >= 11 is 0. The molecule has 0 atom stereocenters. The summed E-state index contributed by atoms with van der Waals surface area (Å²) in [5, 5.41) is 36.3. The lowest BCUT2D eigenvalue weighted by Gasteiger charge is -2.22. The minimum atomic E-state index is -4.86. The number of carboxylic acids is 3. The zero-order chi connectivity index (χ0) is 27.1. The summed E-state index contributed by atoms with van der Waals surface area (Å²) in [6.45, 7) is -2.33. The Labute approximate surface area is 208 Å². The van der Waals surface area contributed by atoms with Crippen molar-refractivity contribution in [3.8, 4) is 22.5 Å². The van der Waals surface area contributed by atoms with Gasteiger partial charge in [-0.15, -0.1) is 0 Å². The molecule has 2 aliphatic rings. The Hall–Kier alpha value is -4.75. The summed E-state index contributed by atoms with van der Waals surface area (Å²) < 4.78 is 33.3. The molecule has 0 spiro atoms. The van der Waals surface area contributed by atoms with E-state index in [0.29, 0.717) is 5.56 Å². The van der Waals surface area contributed by atoms with E-state index >= 15 is 0 Å². The third-order valence-corrected chi connectivity index (χ3v) is 7.40. The van der Waals surface area contributed by atoms with E-state index in [-0.39, 0.29) is 48.8 Å². The summed E-state index contributed by atoms with van der Waals surface area (Å²) in [5.74, 6) is -4.41. The lowest BCUT2D eigenvalue weighted by Crippen LogP contribution is -2.39. The van der Waals surface area contributed by atoms with E-state index < -0.39 is 45.9 Å². The van der Waals surface area contributed by atoms with Crippen molar-refractivity contribution in [1.82, 2.24) is 4.31 Å². The van der Waals surface area contributed by atoms with Gasteiger partial charge in [0, 0.05) is 22.6 Å². The first-order valence-electron chi connectivity index (χ1n) is 10.5. The highest BCUT2D eigenvalue weighted by atomic mass is 32.2. The van der Waals surface area contributed by atoms with Crippen LogP contribution in [0.5, 0.6) is 0 Å². The Kier molecular flexibility index (Phi) is 6.42. The molecule has 37 heavy (non-hydrogen) atoms. The van der Waals surface area contributed by atoms with Crippen LogP contribution in [0.1, 0.15) is 10.4 Å². The number of rotatable bonds is 8. The number of fused-ring (bicyclic) bond motifs is 2. The van der Waals surface area contributed by atoms with E-state index in [2.05, 4.69) is 0 Å². The van der Waals surface area contributed by atoms with Gasteiger partial charge in [-0.25, -0.2) is 13.2 Å². The van der Waals surface area contributed by atoms with Gasteiger partial charge in [0.1, 0.15) is 23.7 Å². The number of nitrogen functional groups attached to an aromatic ring is 1. The Balaban J connectivity index is 2.18. The van der Waals surface area contributed by atoms with E-state index in [1.165, 1.54) is 48.5 Å². The zero-order valence-corrected chi connectivity index (χ0v) is 19.7. The number of nitrogens with one attached hydrogen (secondary N) is 1. The van der Waals surface area contributed by atoms with Gasteiger partial charge in [-0.1, -0.05) is 18.2 Å². The largest absolute Gasteiger partial charge is 0.480 e. The smallest absolute Gasteiger partial charge is 0.336 e. The van der Waals surface area contributed by atoms with E-state index in [9.17, 15) is 38.1 Å². The third-order valence-electron chi connectivity index (χ3n) is 5.52. The highest BCUT2D eigenvalue weighted by molar-refractivity contribution is 7.89. The molecule has 13 heteroatoms. The van der Waals surface area contributed by atoms with Crippen molar-refractivity contribution in [2.24, 2.45) is 0 Å². The van der Waals surface area contributed by atoms with Crippen LogP contribution in [0.3, 0.4) is 0 Å². The number of hydrogen-bond acceptors (Lipinski definition) is 8. The molecule has 2 aromatic carbocycles. The van der Waals surface area contributed by atoms with E-state index in [1.807, 2.05) is 0 Å². The van der Waals surface area contributed by atoms with Gasteiger partial charge in [0.15, 0.2) is 5.58 Å². The standard InChI is InChI=1S/C24H19N3O9S/c25-12-5-6-15-18(9-12)36-22-16(21(15)13-3-1-2-4-14(13)24(32)33)7-8-17(26)23(22)37(34,35)27(10-19(28)29)11-20(30)31/h1-9,25H,10-11,26H2,(H,28,29)(H,30,31)(H,32,33). The van der Waals surface area contributed by atoms with Crippen LogP contribution in [0.2, 0.25) is 0 Å². The minimum Gasteiger partial charge on any atom is -0.480 e. The van der Waals surface area contributed by atoms with Gasteiger partial charge >= 0.3 is 17.9 Å². The van der Waals surface area contributed by atoms with E-state index in [1.54, 1.807) is 6.07 Å². The first kappa shape index (κ1) is 25.3. The lowest BCUT2D eigenvalue weighted by atomic mass is 9.90. The summed E-state index contributed by atoms with van der Waals surface area (Å²) in [4.78, 5) is 34.0. The Bertz CT molecular complexity index is 1710. The zero-order valence-electron chi connectivity index (χ0n) is 18.8. The number of nitrogens with two attached hydrogens (primary N) is 1. The molecule has 0 fully saturated rings. The van der Waals surface area contributed by atoms with Gasteiger partial charge in [-0.05, 0) is 35.9 Å². The van der Waals surface area contributed by atoms with Crippen molar-refractivity contribution >= 4 is 44.6 Å². The van der Waals surface area contributed by atoms with Crippen LogP contribution in [0.15, 0.2) is 63.9 Å². The summed E-state index contributed by atoms with van der Waals surface area (Å²) in [7, 11) is -4.86. The second kappa shape index (κ2) is 9.37. The van der Waals surface area contributed by atoms with Crippen molar-refractivity contribution in [2.45, 2.75) is 4.90 Å². The second-order valence-corrected chi connectivity index (χ2v) is 9.83. The molecular weight excluding hydrogens is 506 g/mol. The molecule has 1 heterocycles. The van der Waals surface area contributed by atoms with Gasteiger partial charge in [0.25, 0.3) is 0 Å². The molecule has 6 N–H and O–H groups in total. The molecule has 0 saturated carbocycles. The molecule has 0 aromatic heterocycles. The first-order valence-corrected chi connectivity index (χ1v) is 12.0. The summed E-state index contributed by atoms with van der Waals surface area (Å²) in [5.41, 5.74) is 6.09. The van der Waals surface area contributed by atoms with Crippen LogP contribution in [0.25, 0.3) is 33.4 Å². The van der Waals surface area contributed by atoms with E-state index in [0.717, 1.165) is 0 Å². The minimum absolute atomic E-state index is 0.0137. The Morgan fingerprint density at radius 3 is 2.19 bits per heavy atom. The average Bonchev–Trinajstić information content (AvgIpc) is 2.81. The van der Waals surface area contributed by atoms with Gasteiger partial charge in [-0.2, -0.15) is 4.31 Å². The van der Waals surface area contributed by atoms with Gasteiger partial charge < -0.3 is 30.9 Å². The van der Waals surface area contributed by atoms with Crippen molar-refractivity contribution in [2.75, 3.05) is 18.8 Å². The lowest BCUT2D eigenvalue weighted by molar-refractivity contribution is -0.139. The topological polar surface area (TPSA) is 212 Å². The van der Waals surface area contributed by atoms with Crippen LogP contribution in [-0.4, -0.2) is 59.0 Å². The Morgan fingerprint density at radius 2 is 1.57 bits per heavy atom. The van der Waals surface area contributed by atoms with Crippen molar-refractivity contribution in [1.29, 1.82) is 5.41 Å². The number of aliphatic carboxylic acids is 2. The third kappa shape index (κ3) is 4.60.